The van der Waals surface area contributed by atoms with Gasteiger partial charge in [-0.2, -0.15) is 0 Å². The van der Waals surface area contributed by atoms with Crippen molar-refractivity contribution in [3.8, 4) is 11.5 Å². The Hall–Kier alpha value is -2.96. The lowest BCUT2D eigenvalue weighted by molar-refractivity contribution is -0.384. The number of carboxylic acids is 1. The maximum atomic E-state index is 13.4. The van der Waals surface area contributed by atoms with Crippen LogP contribution < -0.4 is 4.74 Å². The molecule has 0 unspecified atom stereocenters. The molecular formula is C13H8FNO5. The molecule has 2 rings (SSSR count). The Morgan fingerprint density at radius 3 is 2.25 bits per heavy atom. The molecule has 0 aliphatic carbocycles. The molecule has 0 atom stereocenters. The van der Waals surface area contributed by atoms with Gasteiger partial charge in [0.1, 0.15) is 17.3 Å². The van der Waals surface area contributed by atoms with E-state index in [0.717, 1.165) is 12.1 Å². The van der Waals surface area contributed by atoms with E-state index in [0.29, 0.717) is 0 Å². The van der Waals surface area contributed by atoms with Gasteiger partial charge in [0.05, 0.1) is 10.5 Å². The number of nitro groups is 1. The molecule has 6 nitrogen and oxygen atoms in total. The van der Waals surface area contributed by atoms with Crippen LogP contribution in [0.3, 0.4) is 0 Å². The molecule has 0 aromatic heterocycles. The van der Waals surface area contributed by atoms with Crippen molar-refractivity contribution in [2.75, 3.05) is 0 Å². The van der Waals surface area contributed by atoms with Gasteiger partial charge in [-0.05, 0) is 24.3 Å². The fraction of sp³-hybridized carbons (Fsp3) is 0. The SMILES string of the molecule is O=C(O)c1ccc(Oc2ccc([N+](=O)[O-])cc2)cc1F. The predicted molar refractivity (Wildman–Crippen MR) is 66.5 cm³/mol. The van der Waals surface area contributed by atoms with Crippen LogP contribution in [0.15, 0.2) is 42.5 Å². The van der Waals surface area contributed by atoms with Crippen molar-refractivity contribution in [3.05, 3.63) is 64.0 Å². The number of nitrogens with zero attached hydrogens (tertiary/aromatic N) is 1. The van der Waals surface area contributed by atoms with Crippen molar-refractivity contribution in [1.82, 2.24) is 0 Å². The average Bonchev–Trinajstić information content (AvgIpc) is 2.39. The van der Waals surface area contributed by atoms with Gasteiger partial charge >= 0.3 is 5.97 Å². The lowest BCUT2D eigenvalue weighted by Crippen LogP contribution is -2.00. The van der Waals surface area contributed by atoms with E-state index < -0.39 is 22.3 Å². The van der Waals surface area contributed by atoms with Crippen LogP contribution in [0, 0.1) is 15.9 Å². The van der Waals surface area contributed by atoms with Crippen molar-refractivity contribution in [3.63, 3.8) is 0 Å². The third kappa shape index (κ3) is 2.89. The Morgan fingerprint density at radius 1 is 1.15 bits per heavy atom. The number of hydrogen-bond donors (Lipinski definition) is 1. The minimum absolute atomic E-state index is 0.0928. The van der Waals surface area contributed by atoms with Gasteiger partial charge in [0.15, 0.2) is 0 Å². The lowest BCUT2D eigenvalue weighted by Gasteiger charge is -2.06. The second-order valence-corrected chi connectivity index (χ2v) is 3.80. The molecule has 0 amide bonds. The number of carboxylic acid groups (broad SMARTS) is 1. The predicted octanol–water partition coefficient (Wildman–Crippen LogP) is 3.22. The van der Waals surface area contributed by atoms with Gasteiger partial charge in [0.2, 0.25) is 0 Å². The number of benzene rings is 2. The number of halogens is 1. The summed E-state index contributed by atoms with van der Waals surface area (Å²) in [6, 6.07) is 8.54. The summed E-state index contributed by atoms with van der Waals surface area (Å²) < 4.78 is 18.7. The summed E-state index contributed by atoms with van der Waals surface area (Å²) in [5, 5.41) is 19.2. The summed E-state index contributed by atoms with van der Waals surface area (Å²) in [5.41, 5.74) is -0.550. The number of non-ortho nitro benzene ring substituents is 1. The first kappa shape index (κ1) is 13.5. The Kier molecular flexibility index (Phi) is 3.60. The van der Waals surface area contributed by atoms with Gasteiger partial charge in [-0.1, -0.05) is 0 Å². The fourth-order valence-electron chi connectivity index (χ4n) is 1.50. The van der Waals surface area contributed by atoms with Gasteiger partial charge in [-0.15, -0.1) is 0 Å². The highest BCUT2D eigenvalue weighted by Gasteiger charge is 2.11. The van der Waals surface area contributed by atoms with Crippen LogP contribution in [0.5, 0.6) is 11.5 Å². The van der Waals surface area contributed by atoms with Gasteiger partial charge in [-0.3, -0.25) is 10.1 Å². The van der Waals surface area contributed by atoms with E-state index >= 15 is 0 Å². The van der Waals surface area contributed by atoms with Crippen LogP contribution in [0.2, 0.25) is 0 Å². The summed E-state index contributed by atoms with van der Waals surface area (Å²) in [6.07, 6.45) is 0. The van der Waals surface area contributed by atoms with E-state index in [1.807, 2.05) is 0 Å². The normalized spacial score (nSPS) is 10.1. The molecule has 0 fully saturated rings. The highest BCUT2D eigenvalue weighted by molar-refractivity contribution is 5.88. The summed E-state index contributed by atoms with van der Waals surface area (Å²) >= 11 is 0. The summed E-state index contributed by atoms with van der Waals surface area (Å²) in [7, 11) is 0. The van der Waals surface area contributed by atoms with E-state index in [1.165, 1.54) is 30.3 Å². The second kappa shape index (κ2) is 5.35. The van der Waals surface area contributed by atoms with Gasteiger partial charge in [0.25, 0.3) is 5.69 Å². The Morgan fingerprint density at radius 2 is 1.75 bits per heavy atom. The minimum atomic E-state index is -1.37. The molecule has 2 aromatic carbocycles. The molecule has 0 bridgehead atoms. The second-order valence-electron chi connectivity index (χ2n) is 3.80. The Balaban J connectivity index is 2.19. The third-order valence-electron chi connectivity index (χ3n) is 2.45. The quantitative estimate of drug-likeness (QED) is 0.684. The fourth-order valence-corrected chi connectivity index (χ4v) is 1.50. The summed E-state index contributed by atoms with van der Waals surface area (Å²) in [4.78, 5) is 20.6. The molecule has 7 heteroatoms. The lowest BCUT2D eigenvalue weighted by atomic mass is 10.2. The van der Waals surface area contributed by atoms with Crippen LogP contribution in [0.4, 0.5) is 10.1 Å². The highest BCUT2D eigenvalue weighted by Crippen LogP contribution is 2.25. The van der Waals surface area contributed by atoms with Gasteiger partial charge in [0, 0.05) is 18.2 Å². The van der Waals surface area contributed by atoms with Crippen LogP contribution in [-0.2, 0) is 0 Å². The first-order valence-corrected chi connectivity index (χ1v) is 5.42. The summed E-state index contributed by atoms with van der Waals surface area (Å²) in [6.45, 7) is 0. The van der Waals surface area contributed by atoms with Crippen LogP contribution in [-0.4, -0.2) is 16.0 Å². The first-order valence-electron chi connectivity index (χ1n) is 5.42. The number of ether oxygens (including phenoxy) is 1. The monoisotopic (exact) mass is 277 g/mol. The van der Waals surface area contributed by atoms with Crippen molar-refractivity contribution < 1.29 is 24.0 Å². The Labute approximate surface area is 112 Å². The van der Waals surface area contributed by atoms with E-state index in [-0.39, 0.29) is 17.2 Å². The van der Waals surface area contributed by atoms with Crippen LogP contribution in [0.1, 0.15) is 10.4 Å². The van der Waals surface area contributed by atoms with Crippen molar-refractivity contribution in [1.29, 1.82) is 0 Å². The zero-order valence-electron chi connectivity index (χ0n) is 9.95. The van der Waals surface area contributed by atoms with Crippen molar-refractivity contribution in [2.45, 2.75) is 0 Å². The molecule has 0 heterocycles. The Bertz CT molecular complexity index is 669. The molecular weight excluding hydrogens is 269 g/mol. The molecule has 0 saturated heterocycles. The van der Waals surface area contributed by atoms with E-state index in [2.05, 4.69) is 0 Å². The molecule has 1 N–H and O–H groups in total. The number of aromatic carboxylic acids is 1. The van der Waals surface area contributed by atoms with Crippen molar-refractivity contribution >= 4 is 11.7 Å². The van der Waals surface area contributed by atoms with Gasteiger partial charge < -0.3 is 9.84 Å². The highest BCUT2D eigenvalue weighted by atomic mass is 19.1. The average molecular weight is 277 g/mol. The largest absolute Gasteiger partial charge is 0.478 e. The molecule has 20 heavy (non-hydrogen) atoms. The maximum absolute atomic E-state index is 13.4. The van der Waals surface area contributed by atoms with Crippen LogP contribution in [0.25, 0.3) is 0 Å². The topological polar surface area (TPSA) is 89.7 Å². The van der Waals surface area contributed by atoms with E-state index in [9.17, 15) is 19.3 Å². The third-order valence-corrected chi connectivity index (χ3v) is 2.45. The molecule has 0 spiro atoms. The number of nitro benzene ring substituents is 1. The number of hydrogen-bond acceptors (Lipinski definition) is 4. The minimum Gasteiger partial charge on any atom is -0.478 e. The zero-order chi connectivity index (χ0) is 14.7. The molecule has 0 radical (unpaired) electrons. The standard InChI is InChI=1S/C13H8FNO5/c14-12-7-10(5-6-11(12)13(16)17)20-9-3-1-8(2-4-9)15(18)19/h1-7H,(H,16,17). The molecule has 0 aliphatic heterocycles. The maximum Gasteiger partial charge on any atom is 0.338 e. The number of rotatable bonds is 4. The number of carbonyl (C=O) groups is 1. The van der Waals surface area contributed by atoms with Gasteiger partial charge in [-0.25, -0.2) is 9.18 Å². The smallest absolute Gasteiger partial charge is 0.338 e. The summed E-state index contributed by atoms with van der Waals surface area (Å²) in [5.74, 6) is -1.92. The van der Waals surface area contributed by atoms with E-state index in [4.69, 9.17) is 9.84 Å². The van der Waals surface area contributed by atoms with E-state index in [1.54, 1.807) is 0 Å². The molecule has 0 saturated carbocycles. The molecule has 102 valence electrons. The van der Waals surface area contributed by atoms with Crippen LogP contribution >= 0.6 is 0 Å². The first-order chi connectivity index (χ1) is 9.47. The van der Waals surface area contributed by atoms with Crippen molar-refractivity contribution in [2.24, 2.45) is 0 Å². The molecule has 2 aromatic rings. The molecule has 0 aliphatic rings. The zero-order valence-corrected chi connectivity index (χ0v) is 9.95.